The summed E-state index contributed by atoms with van der Waals surface area (Å²) in [6.45, 7) is 0. The lowest BCUT2D eigenvalue weighted by Gasteiger charge is -2.23. The number of halogens is 1. The van der Waals surface area contributed by atoms with E-state index in [1.807, 2.05) is 24.3 Å². The highest BCUT2D eigenvalue weighted by Crippen LogP contribution is 2.36. The Morgan fingerprint density at radius 1 is 1.29 bits per heavy atom. The number of pyridine rings is 1. The van der Waals surface area contributed by atoms with Crippen LogP contribution in [0.5, 0.6) is 0 Å². The lowest BCUT2D eigenvalue weighted by Crippen LogP contribution is -2.14. The van der Waals surface area contributed by atoms with Crippen molar-refractivity contribution in [2.75, 3.05) is 5.73 Å². The van der Waals surface area contributed by atoms with Gasteiger partial charge in [-0.25, -0.2) is 0 Å². The Kier molecular flexibility index (Phi) is 3.22. The minimum atomic E-state index is -0.444. The summed E-state index contributed by atoms with van der Waals surface area (Å²) in [6.07, 6.45) is 2.25. The topological polar surface area (TPSA) is 59.1 Å². The van der Waals surface area contributed by atoms with E-state index in [4.69, 9.17) is 5.73 Å². The number of aryl methyl sites for hydroxylation is 1. The number of aliphatic hydroxyl groups is 1. The third-order valence-electron chi connectivity index (χ3n) is 3.28. The summed E-state index contributed by atoms with van der Waals surface area (Å²) in [5.74, 6) is 0. The molecule has 0 fully saturated rings. The molecular weight excluding hydrogens is 236 g/mol. The first-order valence-electron chi connectivity index (χ1n) is 5.62. The molecule has 17 heavy (non-hydrogen) atoms. The molecule has 0 bridgehead atoms. The van der Waals surface area contributed by atoms with E-state index in [1.54, 1.807) is 0 Å². The SMILES string of the molecule is Cl.Nc1c2c(nc3ccccc13)CCCC2O. The molecular formula is C13H15ClN2O. The van der Waals surface area contributed by atoms with Gasteiger partial charge in [0.15, 0.2) is 0 Å². The number of anilines is 1. The molecule has 0 amide bonds. The third kappa shape index (κ3) is 1.85. The molecule has 1 aromatic carbocycles. The molecule has 3 N–H and O–H groups in total. The van der Waals surface area contributed by atoms with Crippen molar-refractivity contribution in [1.29, 1.82) is 0 Å². The van der Waals surface area contributed by atoms with E-state index in [2.05, 4.69) is 4.98 Å². The fraction of sp³-hybridized carbons (Fsp3) is 0.308. The Labute approximate surface area is 106 Å². The van der Waals surface area contributed by atoms with Gasteiger partial charge in [-0.1, -0.05) is 18.2 Å². The maximum atomic E-state index is 9.98. The summed E-state index contributed by atoms with van der Waals surface area (Å²) in [5.41, 5.74) is 9.58. The second-order valence-electron chi connectivity index (χ2n) is 4.31. The van der Waals surface area contributed by atoms with Gasteiger partial charge in [0, 0.05) is 22.3 Å². The van der Waals surface area contributed by atoms with Crippen molar-refractivity contribution >= 4 is 29.0 Å². The smallest absolute Gasteiger partial charge is 0.0828 e. The predicted octanol–water partition coefficient (Wildman–Crippen LogP) is 2.61. The summed E-state index contributed by atoms with van der Waals surface area (Å²) >= 11 is 0. The van der Waals surface area contributed by atoms with Gasteiger partial charge in [-0.3, -0.25) is 4.98 Å². The van der Waals surface area contributed by atoms with E-state index in [1.165, 1.54) is 0 Å². The first kappa shape index (κ1) is 12.1. The standard InChI is InChI=1S/C13H14N2O.ClH/c14-13-8-4-1-2-5-9(8)15-10-6-3-7-11(16)12(10)13;/h1-2,4-5,11,16H,3,6-7H2,(H2,14,15);1H. The van der Waals surface area contributed by atoms with Gasteiger partial charge in [0.2, 0.25) is 0 Å². The van der Waals surface area contributed by atoms with Crippen molar-refractivity contribution in [2.24, 2.45) is 0 Å². The van der Waals surface area contributed by atoms with Gasteiger partial charge < -0.3 is 10.8 Å². The second-order valence-corrected chi connectivity index (χ2v) is 4.31. The number of nitrogens with two attached hydrogens (primary N) is 1. The number of para-hydroxylation sites is 1. The highest BCUT2D eigenvalue weighted by atomic mass is 35.5. The quantitative estimate of drug-likeness (QED) is 0.756. The first-order valence-corrected chi connectivity index (χ1v) is 5.62. The first-order chi connectivity index (χ1) is 7.77. The summed E-state index contributed by atoms with van der Waals surface area (Å²) < 4.78 is 0. The van der Waals surface area contributed by atoms with Crippen molar-refractivity contribution in [3.63, 3.8) is 0 Å². The molecule has 1 heterocycles. The van der Waals surface area contributed by atoms with E-state index in [-0.39, 0.29) is 12.4 Å². The third-order valence-corrected chi connectivity index (χ3v) is 3.28. The maximum Gasteiger partial charge on any atom is 0.0828 e. The van der Waals surface area contributed by atoms with E-state index in [0.717, 1.165) is 41.4 Å². The van der Waals surface area contributed by atoms with Crippen molar-refractivity contribution < 1.29 is 5.11 Å². The monoisotopic (exact) mass is 250 g/mol. The molecule has 0 aliphatic heterocycles. The number of hydrogen-bond donors (Lipinski definition) is 2. The second kappa shape index (κ2) is 4.51. The zero-order chi connectivity index (χ0) is 11.1. The van der Waals surface area contributed by atoms with Crippen LogP contribution >= 0.6 is 12.4 Å². The van der Waals surface area contributed by atoms with Gasteiger partial charge in [-0.2, -0.15) is 0 Å². The van der Waals surface area contributed by atoms with Crippen LogP contribution in [0.1, 0.15) is 30.2 Å². The summed E-state index contributed by atoms with van der Waals surface area (Å²) in [7, 11) is 0. The van der Waals surface area contributed by atoms with Crippen molar-refractivity contribution in [2.45, 2.75) is 25.4 Å². The minimum absolute atomic E-state index is 0. The molecule has 4 heteroatoms. The van der Waals surface area contributed by atoms with Crippen LogP contribution in [0.2, 0.25) is 0 Å². The Bertz CT molecular complexity index is 556. The van der Waals surface area contributed by atoms with Crippen LogP contribution in [0, 0.1) is 0 Å². The van der Waals surface area contributed by atoms with Gasteiger partial charge in [-0.15, -0.1) is 12.4 Å². The summed E-state index contributed by atoms with van der Waals surface area (Å²) in [4.78, 5) is 4.59. The van der Waals surface area contributed by atoms with Gasteiger partial charge in [0.1, 0.15) is 0 Å². The largest absolute Gasteiger partial charge is 0.398 e. The zero-order valence-corrected chi connectivity index (χ0v) is 10.2. The molecule has 3 rings (SSSR count). The number of benzene rings is 1. The molecule has 1 aromatic heterocycles. The van der Waals surface area contributed by atoms with Crippen LogP contribution in [0.3, 0.4) is 0 Å². The number of nitrogen functional groups attached to an aromatic ring is 1. The van der Waals surface area contributed by atoms with Gasteiger partial charge >= 0.3 is 0 Å². The number of fused-ring (bicyclic) bond motifs is 2. The average molecular weight is 251 g/mol. The fourth-order valence-corrected chi connectivity index (χ4v) is 2.47. The molecule has 0 saturated carbocycles. The Morgan fingerprint density at radius 3 is 2.88 bits per heavy atom. The molecule has 1 aliphatic rings. The predicted molar refractivity (Wildman–Crippen MR) is 71.3 cm³/mol. The Hall–Kier alpha value is -1.32. The number of hydrogen-bond acceptors (Lipinski definition) is 3. The van der Waals surface area contributed by atoms with Crippen LogP contribution in [-0.4, -0.2) is 10.1 Å². The van der Waals surface area contributed by atoms with E-state index in [9.17, 15) is 5.11 Å². The van der Waals surface area contributed by atoms with E-state index >= 15 is 0 Å². The van der Waals surface area contributed by atoms with Gasteiger partial charge in [0.25, 0.3) is 0 Å². The number of aromatic nitrogens is 1. The summed E-state index contributed by atoms with van der Waals surface area (Å²) in [5, 5.41) is 10.9. The molecule has 0 radical (unpaired) electrons. The Morgan fingerprint density at radius 2 is 2.06 bits per heavy atom. The van der Waals surface area contributed by atoms with Crippen LogP contribution in [-0.2, 0) is 6.42 Å². The van der Waals surface area contributed by atoms with E-state index in [0.29, 0.717) is 5.69 Å². The fourth-order valence-electron chi connectivity index (χ4n) is 2.47. The van der Waals surface area contributed by atoms with Crippen LogP contribution in [0.25, 0.3) is 10.9 Å². The lowest BCUT2D eigenvalue weighted by molar-refractivity contribution is 0.156. The molecule has 90 valence electrons. The number of nitrogens with zero attached hydrogens (tertiary/aromatic N) is 1. The van der Waals surface area contributed by atoms with E-state index < -0.39 is 6.10 Å². The molecule has 0 spiro atoms. The van der Waals surface area contributed by atoms with Gasteiger partial charge in [0.05, 0.1) is 11.6 Å². The molecule has 1 aliphatic carbocycles. The van der Waals surface area contributed by atoms with Gasteiger partial charge in [-0.05, 0) is 25.3 Å². The average Bonchev–Trinajstić information content (AvgIpc) is 2.29. The Balaban J connectivity index is 0.00000108. The van der Waals surface area contributed by atoms with Crippen LogP contribution in [0.15, 0.2) is 24.3 Å². The number of aliphatic hydroxyl groups excluding tert-OH is 1. The highest BCUT2D eigenvalue weighted by molar-refractivity contribution is 5.92. The molecule has 1 unspecified atom stereocenters. The molecule has 2 aromatic rings. The molecule has 0 saturated heterocycles. The van der Waals surface area contributed by atoms with Crippen molar-refractivity contribution in [3.8, 4) is 0 Å². The zero-order valence-electron chi connectivity index (χ0n) is 9.39. The number of rotatable bonds is 0. The van der Waals surface area contributed by atoms with Crippen LogP contribution < -0.4 is 5.73 Å². The molecule has 3 nitrogen and oxygen atoms in total. The van der Waals surface area contributed by atoms with Crippen molar-refractivity contribution in [1.82, 2.24) is 4.98 Å². The normalized spacial score (nSPS) is 18.5. The minimum Gasteiger partial charge on any atom is -0.398 e. The highest BCUT2D eigenvalue weighted by Gasteiger charge is 2.23. The maximum absolute atomic E-state index is 9.98. The summed E-state index contributed by atoms with van der Waals surface area (Å²) in [6, 6.07) is 7.83. The lowest BCUT2D eigenvalue weighted by atomic mass is 9.90. The molecule has 1 atom stereocenters. The van der Waals surface area contributed by atoms with Crippen LogP contribution in [0.4, 0.5) is 5.69 Å². The van der Waals surface area contributed by atoms with Crippen molar-refractivity contribution in [3.05, 3.63) is 35.5 Å².